The van der Waals surface area contributed by atoms with E-state index in [0.717, 1.165) is 9.88 Å². The minimum absolute atomic E-state index is 0.0582. The van der Waals surface area contributed by atoms with Gasteiger partial charge < -0.3 is 4.74 Å². The van der Waals surface area contributed by atoms with E-state index in [2.05, 4.69) is 15.0 Å². The Morgan fingerprint density at radius 3 is 2.65 bits per heavy atom. The third-order valence-electron chi connectivity index (χ3n) is 5.49. The maximum atomic E-state index is 13.2. The van der Waals surface area contributed by atoms with Crippen molar-refractivity contribution in [2.24, 2.45) is 0 Å². The highest BCUT2D eigenvalue weighted by atomic mass is 35.5. The zero-order valence-corrected chi connectivity index (χ0v) is 21.3. The molecule has 0 atom stereocenters. The highest BCUT2D eigenvalue weighted by Gasteiger charge is 2.31. The molecule has 1 saturated heterocycles. The van der Waals surface area contributed by atoms with Gasteiger partial charge in [0.1, 0.15) is 10.6 Å². The molecule has 0 spiro atoms. The number of aromatic nitrogens is 3. The first kappa shape index (κ1) is 23.4. The molecule has 1 aliphatic heterocycles. The summed E-state index contributed by atoms with van der Waals surface area (Å²) in [5.74, 6) is 0.260. The van der Waals surface area contributed by atoms with Crippen molar-refractivity contribution in [2.45, 2.75) is 11.4 Å². The van der Waals surface area contributed by atoms with Crippen molar-refractivity contribution in [3.8, 4) is 15.6 Å². The summed E-state index contributed by atoms with van der Waals surface area (Å²) in [5, 5.41) is 7.44. The molecule has 178 valence electrons. The Balaban J connectivity index is 1.30. The summed E-state index contributed by atoms with van der Waals surface area (Å²) >= 11 is 8.97. The number of methoxy groups -OCH3 is 1. The minimum atomic E-state index is -3.76. The average molecular weight is 538 g/mol. The van der Waals surface area contributed by atoms with Crippen LogP contribution in [0, 0.1) is 0 Å². The topological polar surface area (TPSA) is 97.1 Å². The van der Waals surface area contributed by atoms with Gasteiger partial charge in [0, 0.05) is 43.8 Å². The zero-order valence-electron chi connectivity index (χ0n) is 18.0. The summed E-state index contributed by atoms with van der Waals surface area (Å²) in [5.41, 5.74) is 0.410. The van der Waals surface area contributed by atoms with E-state index in [9.17, 15) is 13.2 Å². The van der Waals surface area contributed by atoms with E-state index < -0.39 is 10.0 Å². The summed E-state index contributed by atoms with van der Waals surface area (Å²) < 4.78 is 34.4. The Hall–Kier alpha value is -2.35. The van der Waals surface area contributed by atoms with E-state index in [1.54, 1.807) is 23.5 Å². The van der Waals surface area contributed by atoms with Crippen LogP contribution in [-0.2, 0) is 16.6 Å². The van der Waals surface area contributed by atoms with Crippen molar-refractivity contribution >= 4 is 49.3 Å². The van der Waals surface area contributed by atoms with Gasteiger partial charge in [-0.3, -0.25) is 9.69 Å². The second kappa shape index (κ2) is 9.36. The van der Waals surface area contributed by atoms with Crippen LogP contribution in [0.25, 0.3) is 14.8 Å². The van der Waals surface area contributed by atoms with Crippen LogP contribution in [0.4, 0.5) is 0 Å². The molecule has 0 amide bonds. The maximum absolute atomic E-state index is 13.2. The quantitative estimate of drug-likeness (QED) is 0.373. The third-order valence-corrected chi connectivity index (χ3v) is 9.59. The van der Waals surface area contributed by atoms with Crippen molar-refractivity contribution in [2.75, 3.05) is 33.3 Å². The van der Waals surface area contributed by atoms with Gasteiger partial charge in [-0.05, 0) is 29.6 Å². The predicted molar refractivity (Wildman–Crippen MR) is 132 cm³/mol. The number of fused-ring (bicyclic) bond motifs is 1. The number of thiophene rings is 1. The third kappa shape index (κ3) is 4.49. The fourth-order valence-electron chi connectivity index (χ4n) is 3.79. The fourth-order valence-corrected chi connectivity index (χ4v) is 7.34. The fraction of sp³-hybridized carbons (Fsp3) is 0.286. The van der Waals surface area contributed by atoms with Gasteiger partial charge in [-0.1, -0.05) is 29.0 Å². The lowest BCUT2D eigenvalue weighted by Crippen LogP contribution is -2.48. The Bertz CT molecular complexity index is 1490. The number of benzene rings is 1. The molecule has 1 aliphatic rings. The number of rotatable bonds is 6. The van der Waals surface area contributed by atoms with Gasteiger partial charge in [-0.25, -0.2) is 13.4 Å². The van der Waals surface area contributed by atoms with Crippen molar-refractivity contribution in [3.05, 3.63) is 62.8 Å². The van der Waals surface area contributed by atoms with Crippen molar-refractivity contribution in [1.82, 2.24) is 23.8 Å². The number of hydrogen-bond acceptors (Lipinski definition) is 9. The first-order valence-corrected chi connectivity index (χ1v) is 13.9. The number of nitrogens with zero attached hydrogens (tertiary/aromatic N) is 5. The van der Waals surface area contributed by atoms with Gasteiger partial charge in [0.05, 0.1) is 17.7 Å². The molecule has 0 radical (unpaired) electrons. The minimum Gasteiger partial charge on any atom is -0.495 e. The van der Waals surface area contributed by atoms with E-state index in [1.165, 1.54) is 39.4 Å². The van der Waals surface area contributed by atoms with E-state index in [4.69, 9.17) is 16.3 Å². The molecule has 3 aromatic heterocycles. The number of halogens is 1. The molecule has 9 nitrogen and oxygen atoms in total. The number of hydrogen-bond donors (Lipinski definition) is 0. The van der Waals surface area contributed by atoms with Gasteiger partial charge >= 0.3 is 0 Å². The molecule has 0 saturated carbocycles. The van der Waals surface area contributed by atoms with Crippen molar-refractivity contribution in [3.63, 3.8) is 0 Å². The van der Waals surface area contributed by atoms with E-state index in [1.807, 2.05) is 17.5 Å². The van der Waals surface area contributed by atoms with Gasteiger partial charge in [-0.15, -0.1) is 11.3 Å². The highest BCUT2D eigenvalue weighted by Crippen LogP contribution is 2.30. The molecule has 0 aliphatic carbocycles. The Morgan fingerprint density at radius 2 is 1.94 bits per heavy atom. The van der Waals surface area contributed by atoms with E-state index >= 15 is 0 Å². The summed E-state index contributed by atoms with van der Waals surface area (Å²) in [6.45, 7) is 2.08. The molecule has 4 heterocycles. The van der Waals surface area contributed by atoms with Crippen LogP contribution in [0.5, 0.6) is 5.75 Å². The lowest BCUT2D eigenvalue weighted by atomic mass is 10.3. The summed E-state index contributed by atoms with van der Waals surface area (Å²) in [6.07, 6.45) is 0. The number of sulfonamides is 1. The van der Waals surface area contributed by atoms with Crippen molar-refractivity contribution < 1.29 is 13.2 Å². The van der Waals surface area contributed by atoms with Gasteiger partial charge in [0.2, 0.25) is 15.0 Å². The van der Waals surface area contributed by atoms with Gasteiger partial charge in [-0.2, -0.15) is 13.9 Å². The summed E-state index contributed by atoms with van der Waals surface area (Å²) in [6, 6.07) is 9.95. The lowest BCUT2D eigenvalue weighted by molar-refractivity contribution is 0.179. The predicted octanol–water partition coefficient (Wildman–Crippen LogP) is 3.05. The molecule has 34 heavy (non-hydrogen) atoms. The Morgan fingerprint density at radius 1 is 1.15 bits per heavy atom. The Kier molecular flexibility index (Phi) is 6.44. The highest BCUT2D eigenvalue weighted by molar-refractivity contribution is 7.89. The average Bonchev–Trinajstić information content (AvgIpc) is 3.50. The monoisotopic (exact) mass is 537 g/mol. The summed E-state index contributed by atoms with van der Waals surface area (Å²) in [4.78, 5) is 20.9. The normalized spacial score (nSPS) is 15.7. The van der Waals surface area contributed by atoms with Gasteiger partial charge in [0.15, 0.2) is 5.01 Å². The number of ether oxygens (including phenoxy) is 1. The summed E-state index contributed by atoms with van der Waals surface area (Å²) in [7, 11) is -2.33. The number of piperazine rings is 1. The standard InChI is InChI=1S/C21H20ClN5O4S3/c1-31-16-5-4-14(22)11-18(16)34(29,30)26-8-6-25(7-9-26)13-15-12-19(28)27-21(23-15)33-20(24-27)17-3-2-10-32-17/h2-5,10-12H,6-9,13H2,1H3. The van der Waals surface area contributed by atoms with E-state index in [-0.39, 0.29) is 16.2 Å². The van der Waals surface area contributed by atoms with Gasteiger partial charge in [0.25, 0.3) is 5.56 Å². The van der Waals surface area contributed by atoms with Crippen LogP contribution in [0.2, 0.25) is 5.02 Å². The largest absolute Gasteiger partial charge is 0.495 e. The molecule has 13 heteroatoms. The molecule has 0 unspecified atom stereocenters. The second-order valence-electron chi connectivity index (χ2n) is 7.64. The SMILES string of the molecule is COc1ccc(Cl)cc1S(=O)(=O)N1CCN(Cc2cc(=O)n3nc(-c4cccs4)sc3n2)CC1. The Labute approximate surface area is 208 Å². The molecular formula is C21H20ClN5O4S3. The first-order chi connectivity index (χ1) is 16.3. The molecule has 1 aromatic carbocycles. The molecule has 0 N–H and O–H groups in total. The van der Waals surface area contributed by atoms with Crippen molar-refractivity contribution in [1.29, 1.82) is 0 Å². The van der Waals surface area contributed by atoms with Crippen LogP contribution in [0.15, 0.2) is 51.5 Å². The van der Waals surface area contributed by atoms with E-state index in [0.29, 0.717) is 48.4 Å². The van der Waals surface area contributed by atoms with Crippen LogP contribution in [0.3, 0.4) is 0 Å². The van der Waals surface area contributed by atoms with Crippen LogP contribution in [0.1, 0.15) is 5.69 Å². The molecular weight excluding hydrogens is 518 g/mol. The molecule has 4 aromatic rings. The second-order valence-corrected chi connectivity index (χ2v) is 11.9. The molecule has 0 bridgehead atoms. The maximum Gasteiger partial charge on any atom is 0.275 e. The first-order valence-electron chi connectivity index (χ1n) is 10.3. The van der Waals surface area contributed by atoms with Crippen LogP contribution in [-0.4, -0.2) is 65.5 Å². The molecule has 1 fully saturated rings. The molecule has 5 rings (SSSR count). The van der Waals surface area contributed by atoms with Crippen LogP contribution >= 0.6 is 34.3 Å². The lowest BCUT2D eigenvalue weighted by Gasteiger charge is -2.33. The zero-order chi connectivity index (χ0) is 23.9. The van der Waals surface area contributed by atoms with Crippen LogP contribution < -0.4 is 10.3 Å². The smallest absolute Gasteiger partial charge is 0.275 e.